The molecule has 0 fully saturated rings. The van der Waals surface area contributed by atoms with E-state index < -0.39 is 0 Å². The van der Waals surface area contributed by atoms with Crippen molar-refractivity contribution in [3.8, 4) is 0 Å². The summed E-state index contributed by atoms with van der Waals surface area (Å²) < 4.78 is 0. The molecule has 0 bridgehead atoms. The van der Waals surface area contributed by atoms with Crippen molar-refractivity contribution in [3.63, 3.8) is 0 Å². The minimum absolute atomic E-state index is 0.616. The molecule has 0 heteroatoms. The fourth-order valence-electron chi connectivity index (χ4n) is 1.58. The average Bonchev–Trinajstić information content (AvgIpc) is 2.45. The van der Waals surface area contributed by atoms with E-state index in [1.165, 1.54) is 16.7 Å². The molecule has 11 heavy (non-hydrogen) atoms. The normalized spacial score (nSPS) is 27.5. The topological polar surface area (TPSA) is 0 Å². The van der Waals surface area contributed by atoms with Gasteiger partial charge in [0, 0.05) is 0 Å². The lowest BCUT2D eigenvalue weighted by molar-refractivity contribution is 0.843. The van der Waals surface area contributed by atoms with E-state index in [0.29, 0.717) is 5.92 Å². The van der Waals surface area contributed by atoms with E-state index in [0.717, 1.165) is 0 Å². The zero-order valence-corrected chi connectivity index (χ0v) is 6.96. The SMILES string of the molecule is CC1=C2C=CC=C2C=CC1C. The van der Waals surface area contributed by atoms with E-state index in [4.69, 9.17) is 0 Å². The molecule has 2 aliphatic carbocycles. The summed E-state index contributed by atoms with van der Waals surface area (Å²) in [6, 6.07) is 0. The molecule has 0 aromatic heterocycles. The fraction of sp³-hybridized carbons (Fsp3) is 0.273. The average molecular weight is 144 g/mol. The van der Waals surface area contributed by atoms with Crippen LogP contribution in [0.1, 0.15) is 13.8 Å². The molecule has 2 rings (SSSR count). The van der Waals surface area contributed by atoms with Gasteiger partial charge in [-0.1, -0.05) is 42.9 Å². The zero-order valence-electron chi connectivity index (χ0n) is 6.96. The van der Waals surface area contributed by atoms with Gasteiger partial charge < -0.3 is 0 Å². The Kier molecular flexibility index (Phi) is 1.35. The molecular weight excluding hydrogens is 132 g/mol. The summed E-state index contributed by atoms with van der Waals surface area (Å²) in [6.07, 6.45) is 11.0. The molecule has 0 nitrogen and oxygen atoms in total. The van der Waals surface area contributed by atoms with Gasteiger partial charge in [-0.05, 0) is 24.0 Å². The monoisotopic (exact) mass is 144 g/mol. The molecule has 0 spiro atoms. The van der Waals surface area contributed by atoms with Crippen LogP contribution in [0.3, 0.4) is 0 Å². The Morgan fingerprint density at radius 1 is 1.27 bits per heavy atom. The second kappa shape index (κ2) is 2.23. The molecule has 0 aliphatic heterocycles. The Morgan fingerprint density at radius 3 is 2.91 bits per heavy atom. The summed E-state index contributed by atoms with van der Waals surface area (Å²) in [5.41, 5.74) is 4.30. The van der Waals surface area contributed by atoms with Gasteiger partial charge in [-0.3, -0.25) is 0 Å². The van der Waals surface area contributed by atoms with Crippen molar-refractivity contribution in [2.75, 3.05) is 0 Å². The highest BCUT2D eigenvalue weighted by Gasteiger charge is 2.14. The molecule has 0 radical (unpaired) electrons. The molecule has 56 valence electrons. The molecule has 0 aromatic carbocycles. The van der Waals surface area contributed by atoms with Crippen molar-refractivity contribution in [2.45, 2.75) is 13.8 Å². The lowest BCUT2D eigenvalue weighted by Crippen LogP contribution is -2.01. The third kappa shape index (κ3) is 0.900. The predicted octanol–water partition coefficient (Wildman–Crippen LogP) is 3.01. The summed E-state index contributed by atoms with van der Waals surface area (Å²) in [7, 11) is 0. The van der Waals surface area contributed by atoms with Gasteiger partial charge in [-0.15, -0.1) is 0 Å². The maximum atomic E-state index is 2.26. The van der Waals surface area contributed by atoms with Crippen LogP contribution in [0.4, 0.5) is 0 Å². The zero-order chi connectivity index (χ0) is 7.84. The van der Waals surface area contributed by atoms with Crippen LogP contribution in [0.5, 0.6) is 0 Å². The van der Waals surface area contributed by atoms with E-state index in [2.05, 4.69) is 44.2 Å². The van der Waals surface area contributed by atoms with Gasteiger partial charge >= 0.3 is 0 Å². The van der Waals surface area contributed by atoms with Crippen LogP contribution in [0.2, 0.25) is 0 Å². The Hall–Kier alpha value is -1.04. The van der Waals surface area contributed by atoms with Gasteiger partial charge in [0.25, 0.3) is 0 Å². The van der Waals surface area contributed by atoms with E-state index in [9.17, 15) is 0 Å². The number of rotatable bonds is 0. The molecule has 0 saturated carbocycles. The smallest absolute Gasteiger partial charge is 0.00419 e. The van der Waals surface area contributed by atoms with Crippen LogP contribution in [0.25, 0.3) is 0 Å². The van der Waals surface area contributed by atoms with Crippen molar-refractivity contribution < 1.29 is 0 Å². The van der Waals surface area contributed by atoms with Crippen molar-refractivity contribution in [3.05, 3.63) is 47.1 Å². The minimum atomic E-state index is 0.616. The first kappa shape index (κ1) is 6.66. The first-order valence-electron chi connectivity index (χ1n) is 4.07. The van der Waals surface area contributed by atoms with Crippen LogP contribution in [-0.4, -0.2) is 0 Å². The summed E-state index contributed by atoms with van der Waals surface area (Å²) in [4.78, 5) is 0. The first-order chi connectivity index (χ1) is 5.29. The number of hydrogen-bond donors (Lipinski definition) is 0. The van der Waals surface area contributed by atoms with Crippen LogP contribution in [-0.2, 0) is 0 Å². The van der Waals surface area contributed by atoms with Gasteiger partial charge in [0.15, 0.2) is 0 Å². The molecular formula is C11H12. The third-order valence-electron chi connectivity index (χ3n) is 2.52. The van der Waals surface area contributed by atoms with Crippen molar-refractivity contribution in [1.29, 1.82) is 0 Å². The maximum Gasteiger partial charge on any atom is -0.00419 e. The van der Waals surface area contributed by atoms with Gasteiger partial charge in [0.05, 0.1) is 0 Å². The second-order valence-electron chi connectivity index (χ2n) is 3.23. The lowest BCUT2D eigenvalue weighted by Gasteiger charge is -2.16. The summed E-state index contributed by atoms with van der Waals surface area (Å²) in [5.74, 6) is 0.616. The van der Waals surface area contributed by atoms with Crippen molar-refractivity contribution >= 4 is 0 Å². The van der Waals surface area contributed by atoms with Crippen LogP contribution >= 0.6 is 0 Å². The summed E-state index contributed by atoms with van der Waals surface area (Å²) in [5, 5.41) is 0. The van der Waals surface area contributed by atoms with E-state index in [-0.39, 0.29) is 0 Å². The Bertz CT molecular complexity index is 298. The molecule has 0 saturated heterocycles. The standard InChI is InChI=1S/C11H12/c1-8-6-7-10-4-3-5-11(10)9(8)2/h3-8H,1-2H3. The fourth-order valence-corrected chi connectivity index (χ4v) is 1.58. The van der Waals surface area contributed by atoms with Gasteiger partial charge in [0.1, 0.15) is 0 Å². The molecule has 2 aliphatic rings. The largest absolute Gasteiger partial charge is 0.0770 e. The molecule has 0 amide bonds. The Morgan fingerprint density at radius 2 is 2.09 bits per heavy atom. The quantitative estimate of drug-likeness (QED) is 0.490. The molecule has 1 atom stereocenters. The van der Waals surface area contributed by atoms with Crippen LogP contribution < -0.4 is 0 Å². The molecule has 0 heterocycles. The summed E-state index contributed by atoms with van der Waals surface area (Å²) >= 11 is 0. The number of allylic oxidation sites excluding steroid dienone is 8. The highest BCUT2D eigenvalue weighted by atomic mass is 14.2. The lowest BCUT2D eigenvalue weighted by atomic mass is 9.89. The molecule has 0 aromatic rings. The minimum Gasteiger partial charge on any atom is -0.0770 e. The number of fused-ring (bicyclic) bond motifs is 1. The van der Waals surface area contributed by atoms with Crippen LogP contribution in [0, 0.1) is 5.92 Å². The third-order valence-corrected chi connectivity index (χ3v) is 2.52. The Balaban J connectivity index is 2.51. The number of hydrogen-bond acceptors (Lipinski definition) is 0. The highest BCUT2D eigenvalue weighted by Crippen LogP contribution is 2.31. The van der Waals surface area contributed by atoms with E-state index in [1.54, 1.807) is 0 Å². The van der Waals surface area contributed by atoms with Gasteiger partial charge in [-0.2, -0.15) is 0 Å². The second-order valence-corrected chi connectivity index (χ2v) is 3.23. The van der Waals surface area contributed by atoms with Crippen LogP contribution in [0.15, 0.2) is 47.1 Å². The van der Waals surface area contributed by atoms with Gasteiger partial charge in [0.2, 0.25) is 0 Å². The van der Waals surface area contributed by atoms with E-state index in [1.807, 2.05) is 0 Å². The molecule has 1 unspecified atom stereocenters. The highest BCUT2D eigenvalue weighted by molar-refractivity contribution is 5.58. The van der Waals surface area contributed by atoms with E-state index >= 15 is 0 Å². The maximum absolute atomic E-state index is 2.26. The predicted molar refractivity (Wildman–Crippen MR) is 48.2 cm³/mol. The van der Waals surface area contributed by atoms with Crippen molar-refractivity contribution in [2.24, 2.45) is 5.92 Å². The first-order valence-corrected chi connectivity index (χ1v) is 4.07. The summed E-state index contributed by atoms with van der Waals surface area (Å²) in [6.45, 7) is 4.45. The van der Waals surface area contributed by atoms with Crippen molar-refractivity contribution in [1.82, 2.24) is 0 Å². The van der Waals surface area contributed by atoms with Gasteiger partial charge in [-0.25, -0.2) is 0 Å². The molecule has 0 N–H and O–H groups in total. The Labute approximate surface area is 67.6 Å².